The Morgan fingerprint density at radius 1 is 1.04 bits per heavy atom. The second-order valence-electron chi connectivity index (χ2n) is 6.81. The first kappa shape index (κ1) is 16.4. The first-order chi connectivity index (χ1) is 13.2. The SMILES string of the molecule is O=C(c1ccc2c(c1)OCO2)N1CCC(n2sc3ccccc3c2=O)CC1. The Morgan fingerprint density at radius 2 is 1.81 bits per heavy atom. The number of nitrogens with zero attached hydrogens (tertiary/aromatic N) is 2. The summed E-state index contributed by atoms with van der Waals surface area (Å²) >= 11 is 1.52. The number of hydrogen-bond donors (Lipinski definition) is 0. The second kappa shape index (κ2) is 6.42. The van der Waals surface area contributed by atoms with E-state index in [0.29, 0.717) is 30.2 Å². The van der Waals surface area contributed by atoms with Crippen LogP contribution in [0, 0.1) is 0 Å². The van der Waals surface area contributed by atoms with Gasteiger partial charge in [-0.05, 0) is 43.2 Å². The summed E-state index contributed by atoms with van der Waals surface area (Å²) in [6.45, 7) is 1.47. The zero-order valence-corrected chi connectivity index (χ0v) is 15.4. The molecule has 0 N–H and O–H groups in total. The molecule has 0 unspecified atom stereocenters. The van der Waals surface area contributed by atoms with Crippen LogP contribution in [0.3, 0.4) is 0 Å². The van der Waals surface area contributed by atoms with Crippen LogP contribution < -0.4 is 15.0 Å². The van der Waals surface area contributed by atoms with Gasteiger partial charge < -0.3 is 14.4 Å². The van der Waals surface area contributed by atoms with Crippen molar-refractivity contribution in [2.75, 3.05) is 19.9 Å². The molecule has 6 nitrogen and oxygen atoms in total. The van der Waals surface area contributed by atoms with Gasteiger partial charge in [0.15, 0.2) is 11.5 Å². The van der Waals surface area contributed by atoms with Crippen molar-refractivity contribution < 1.29 is 14.3 Å². The smallest absolute Gasteiger partial charge is 0.268 e. The largest absolute Gasteiger partial charge is 0.454 e. The Balaban J connectivity index is 1.31. The lowest BCUT2D eigenvalue weighted by atomic mass is 10.0. The second-order valence-corrected chi connectivity index (χ2v) is 7.83. The third-order valence-corrected chi connectivity index (χ3v) is 6.43. The van der Waals surface area contributed by atoms with Crippen LogP contribution in [-0.2, 0) is 0 Å². The zero-order valence-electron chi connectivity index (χ0n) is 14.6. The van der Waals surface area contributed by atoms with Crippen LogP contribution in [0.1, 0.15) is 29.2 Å². The molecule has 0 radical (unpaired) electrons. The maximum Gasteiger partial charge on any atom is 0.268 e. The number of likely N-dealkylation sites (tertiary alicyclic amines) is 1. The van der Waals surface area contributed by atoms with E-state index in [0.717, 1.165) is 22.9 Å². The number of hydrogen-bond acceptors (Lipinski definition) is 5. The lowest BCUT2D eigenvalue weighted by Gasteiger charge is -2.32. The molecule has 1 amide bonds. The highest BCUT2D eigenvalue weighted by Crippen LogP contribution is 2.33. The van der Waals surface area contributed by atoms with Gasteiger partial charge >= 0.3 is 0 Å². The molecule has 0 aliphatic carbocycles. The molecule has 1 saturated heterocycles. The molecule has 0 spiro atoms. The van der Waals surface area contributed by atoms with Gasteiger partial charge in [-0.1, -0.05) is 23.7 Å². The number of carbonyl (C=O) groups excluding carboxylic acids is 1. The van der Waals surface area contributed by atoms with E-state index in [4.69, 9.17) is 9.47 Å². The molecule has 2 aliphatic rings. The molecule has 0 saturated carbocycles. The summed E-state index contributed by atoms with van der Waals surface area (Å²) in [5.41, 5.74) is 0.688. The van der Waals surface area contributed by atoms with E-state index >= 15 is 0 Å². The zero-order chi connectivity index (χ0) is 18.4. The Kier molecular flexibility index (Phi) is 3.89. The molecule has 0 bridgehead atoms. The van der Waals surface area contributed by atoms with E-state index in [9.17, 15) is 9.59 Å². The minimum Gasteiger partial charge on any atom is -0.454 e. The van der Waals surface area contributed by atoms with E-state index in [-0.39, 0.29) is 24.3 Å². The quantitative estimate of drug-likeness (QED) is 0.683. The van der Waals surface area contributed by atoms with Gasteiger partial charge in [0.25, 0.3) is 11.5 Å². The fourth-order valence-corrected chi connectivity index (χ4v) is 4.89. The van der Waals surface area contributed by atoms with Crippen molar-refractivity contribution in [3.63, 3.8) is 0 Å². The maximum atomic E-state index is 12.8. The van der Waals surface area contributed by atoms with Crippen LogP contribution in [0.2, 0.25) is 0 Å². The summed E-state index contributed by atoms with van der Waals surface area (Å²) in [6.07, 6.45) is 1.56. The van der Waals surface area contributed by atoms with Crippen molar-refractivity contribution in [2.24, 2.45) is 0 Å². The average Bonchev–Trinajstić information content (AvgIpc) is 3.32. The molecule has 5 rings (SSSR count). The van der Waals surface area contributed by atoms with Gasteiger partial charge in [0, 0.05) is 18.7 Å². The fraction of sp³-hybridized carbons (Fsp3) is 0.300. The number of carbonyl (C=O) groups is 1. The molecule has 7 heteroatoms. The number of aromatic nitrogens is 1. The molecule has 27 heavy (non-hydrogen) atoms. The number of amides is 1. The molecule has 1 aromatic heterocycles. The molecule has 1 fully saturated rings. The van der Waals surface area contributed by atoms with Gasteiger partial charge in [-0.2, -0.15) is 0 Å². The Labute approximate surface area is 159 Å². The number of rotatable bonds is 2. The number of benzene rings is 2. The van der Waals surface area contributed by atoms with Gasteiger partial charge in [-0.25, -0.2) is 0 Å². The van der Waals surface area contributed by atoms with E-state index in [1.807, 2.05) is 33.1 Å². The average molecular weight is 382 g/mol. The van der Waals surface area contributed by atoms with Gasteiger partial charge in [0.2, 0.25) is 6.79 Å². The molecule has 3 heterocycles. The molecule has 2 aromatic carbocycles. The van der Waals surface area contributed by atoms with Crippen LogP contribution in [0.4, 0.5) is 0 Å². The van der Waals surface area contributed by atoms with Gasteiger partial charge in [-0.15, -0.1) is 0 Å². The molecular formula is C20H18N2O4S. The number of fused-ring (bicyclic) bond motifs is 2. The summed E-state index contributed by atoms with van der Waals surface area (Å²) in [5, 5.41) is 0.779. The molecule has 3 aromatic rings. The summed E-state index contributed by atoms with van der Waals surface area (Å²) in [7, 11) is 0. The number of piperidine rings is 1. The predicted molar refractivity (Wildman–Crippen MR) is 103 cm³/mol. The third kappa shape index (κ3) is 2.78. The van der Waals surface area contributed by atoms with Gasteiger partial charge in [0.1, 0.15) is 0 Å². The van der Waals surface area contributed by atoms with Crippen molar-refractivity contribution in [2.45, 2.75) is 18.9 Å². The fourth-order valence-electron chi connectivity index (χ4n) is 3.75. The summed E-state index contributed by atoms with van der Waals surface area (Å²) < 4.78 is 13.6. The Bertz CT molecular complexity index is 1080. The molecule has 2 aliphatic heterocycles. The highest BCUT2D eigenvalue weighted by molar-refractivity contribution is 7.13. The predicted octanol–water partition coefficient (Wildman–Crippen LogP) is 3.27. The van der Waals surface area contributed by atoms with Crippen molar-refractivity contribution in [1.82, 2.24) is 8.86 Å². The van der Waals surface area contributed by atoms with Crippen LogP contribution >= 0.6 is 11.5 Å². The van der Waals surface area contributed by atoms with Crippen LogP contribution in [0.15, 0.2) is 47.3 Å². The molecule has 0 atom stereocenters. The summed E-state index contributed by atoms with van der Waals surface area (Å²) in [4.78, 5) is 27.3. The Morgan fingerprint density at radius 3 is 2.63 bits per heavy atom. The van der Waals surface area contributed by atoms with Crippen LogP contribution in [0.5, 0.6) is 11.5 Å². The van der Waals surface area contributed by atoms with Crippen LogP contribution in [0.25, 0.3) is 10.1 Å². The minimum absolute atomic E-state index is 0.00422. The monoisotopic (exact) mass is 382 g/mol. The molecule has 138 valence electrons. The van der Waals surface area contributed by atoms with Crippen LogP contribution in [-0.4, -0.2) is 34.6 Å². The van der Waals surface area contributed by atoms with Crippen molar-refractivity contribution in [1.29, 1.82) is 0 Å². The van der Waals surface area contributed by atoms with Crippen molar-refractivity contribution in [3.8, 4) is 11.5 Å². The minimum atomic E-state index is -0.00422. The van der Waals surface area contributed by atoms with E-state index in [2.05, 4.69) is 0 Å². The first-order valence-electron chi connectivity index (χ1n) is 9.00. The van der Waals surface area contributed by atoms with Gasteiger partial charge in [0.05, 0.1) is 16.1 Å². The maximum absolute atomic E-state index is 12.8. The standard InChI is InChI=1S/C20H18N2O4S/c23-19(13-5-6-16-17(11-13)26-12-25-16)21-9-7-14(8-10-21)22-20(24)15-3-1-2-4-18(15)27-22/h1-6,11,14H,7-10,12H2. The normalized spacial score (nSPS) is 16.8. The molecular weight excluding hydrogens is 364 g/mol. The Hall–Kier alpha value is -2.80. The van der Waals surface area contributed by atoms with Crippen molar-refractivity contribution >= 4 is 27.5 Å². The summed E-state index contributed by atoms with van der Waals surface area (Å²) in [5.74, 6) is 1.29. The lowest BCUT2D eigenvalue weighted by Crippen LogP contribution is -2.40. The van der Waals surface area contributed by atoms with E-state index < -0.39 is 0 Å². The highest BCUT2D eigenvalue weighted by Gasteiger charge is 2.27. The topological polar surface area (TPSA) is 60.8 Å². The number of ether oxygens (including phenoxy) is 2. The first-order valence-corrected chi connectivity index (χ1v) is 9.77. The van der Waals surface area contributed by atoms with Gasteiger partial charge in [-0.3, -0.25) is 13.5 Å². The summed E-state index contributed by atoms with van der Waals surface area (Å²) in [6, 6.07) is 13.2. The lowest BCUT2D eigenvalue weighted by molar-refractivity contribution is 0.0697. The van der Waals surface area contributed by atoms with Crippen molar-refractivity contribution in [3.05, 3.63) is 58.4 Å². The highest BCUT2D eigenvalue weighted by atomic mass is 32.1. The third-order valence-electron chi connectivity index (χ3n) is 5.22. The van der Waals surface area contributed by atoms with E-state index in [1.54, 1.807) is 18.2 Å². The van der Waals surface area contributed by atoms with E-state index in [1.165, 1.54) is 11.5 Å².